The summed E-state index contributed by atoms with van der Waals surface area (Å²) in [6.07, 6.45) is 1.64. The number of esters is 1. The molecule has 0 bridgehead atoms. The van der Waals surface area contributed by atoms with Crippen LogP contribution in [0.25, 0.3) is 0 Å². The van der Waals surface area contributed by atoms with Gasteiger partial charge in [0.05, 0.1) is 18.3 Å². The predicted octanol–water partition coefficient (Wildman–Crippen LogP) is 1.57. The molecule has 1 unspecified atom stereocenters. The Bertz CT molecular complexity index is 768. The smallest absolute Gasteiger partial charge is 0.350 e. The van der Waals surface area contributed by atoms with Crippen LogP contribution in [0.2, 0.25) is 0 Å². The van der Waals surface area contributed by atoms with Crippen molar-refractivity contribution in [1.82, 2.24) is 30.4 Å². The van der Waals surface area contributed by atoms with Crippen molar-refractivity contribution in [2.45, 2.75) is 40.3 Å². The van der Waals surface area contributed by atoms with Crippen molar-refractivity contribution in [3.8, 4) is 0 Å². The lowest BCUT2D eigenvalue weighted by molar-refractivity contribution is 0.0531. The second-order valence-corrected chi connectivity index (χ2v) is 6.64. The zero-order valence-electron chi connectivity index (χ0n) is 15.7. The summed E-state index contributed by atoms with van der Waals surface area (Å²) in [5.41, 5.74) is 0.679. The minimum Gasteiger partial charge on any atom is -0.462 e. The molecule has 0 aromatic carbocycles. The van der Waals surface area contributed by atoms with Crippen LogP contribution in [0.4, 0.5) is 0 Å². The largest absolute Gasteiger partial charge is 0.462 e. The maximum absolute atomic E-state index is 12.0. The average molecular weight is 379 g/mol. The number of ether oxygens (including phenoxy) is 1. The van der Waals surface area contributed by atoms with E-state index < -0.39 is 0 Å². The van der Waals surface area contributed by atoms with Crippen LogP contribution in [0.15, 0.2) is 11.3 Å². The summed E-state index contributed by atoms with van der Waals surface area (Å²) in [4.78, 5) is 21.5. The Hall–Kier alpha value is -2.49. The van der Waals surface area contributed by atoms with Gasteiger partial charge in [0, 0.05) is 13.6 Å². The predicted molar refractivity (Wildman–Crippen MR) is 100 cm³/mol. The van der Waals surface area contributed by atoms with Crippen LogP contribution in [-0.2, 0) is 18.3 Å². The molecule has 0 aliphatic rings. The minimum atomic E-state index is -0.330. The van der Waals surface area contributed by atoms with E-state index in [0.717, 1.165) is 17.4 Å². The topological polar surface area (TPSA) is 106 Å². The highest BCUT2D eigenvalue weighted by Crippen LogP contribution is 2.24. The van der Waals surface area contributed by atoms with E-state index in [1.165, 1.54) is 11.3 Å². The highest BCUT2D eigenvalue weighted by molar-refractivity contribution is 7.13. The van der Waals surface area contributed by atoms with E-state index >= 15 is 0 Å². The van der Waals surface area contributed by atoms with E-state index in [1.807, 2.05) is 32.4 Å². The fourth-order valence-electron chi connectivity index (χ4n) is 2.18. The quantitative estimate of drug-likeness (QED) is 0.427. The molecule has 0 aliphatic heterocycles. The van der Waals surface area contributed by atoms with E-state index in [0.29, 0.717) is 29.7 Å². The van der Waals surface area contributed by atoms with Gasteiger partial charge in [0.15, 0.2) is 11.8 Å². The number of hydrogen-bond donors (Lipinski definition) is 2. The van der Waals surface area contributed by atoms with Crippen molar-refractivity contribution >= 4 is 23.3 Å². The van der Waals surface area contributed by atoms with E-state index in [9.17, 15) is 4.79 Å². The number of carbonyl (C=O) groups is 1. The average Bonchev–Trinajstić information content (AvgIpc) is 3.19. The second kappa shape index (κ2) is 9.27. The maximum atomic E-state index is 12.0. The molecular weight excluding hydrogens is 354 g/mol. The number of rotatable bonds is 7. The molecule has 0 saturated carbocycles. The van der Waals surface area contributed by atoms with Crippen molar-refractivity contribution in [2.75, 3.05) is 13.2 Å². The Balaban J connectivity index is 2.09. The van der Waals surface area contributed by atoms with Gasteiger partial charge in [-0.3, -0.25) is 0 Å². The standard InChI is InChI=1S/C16H25N7O2S/c1-6-17-16(18-8-12-22-19-9-23(12)5)21-11(4)14-20-10(3)13(26-14)15(24)25-7-2/h9,11H,6-8H2,1-5H3,(H2,17,18,21). The van der Waals surface area contributed by atoms with Gasteiger partial charge in [-0.15, -0.1) is 21.5 Å². The summed E-state index contributed by atoms with van der Waals surface area (Å²) in [6, 6.07) is -0.112. The third-order valence-corrected chi connectivity index (χ3v) is 4.85. The van der Waals surface area contributed by atoms with Crippen molar-refractivity contribution in [3.05, 3.63) is 27.7 Å². The van der Waals surface area contributed by atoms with Crippen molar-refractivity contribution in [3.63, 3.8) is 0 Å². The van der Waals surface area contributed by atoms with Crippen molar-refractivity contribution in [2.24, 2.45) is 12.0 Å². The number of nitrogens with zero attached hydrogens (tertiary/aromatic N) is 5. The Kier molecular flexibility index (Phi) is 7.07. The summed E-state index contributed by atoms with van der Waals surface area (Å²) in [7, 11) is 1.88. The van der Waals surface area contributed by atoms with E-state index in [-0.39, 0.29) is 12.0 Å². The third kappa shape index (κ3) is 5.01. The molecule has 1 atom stereocenters. The van der Waals surface area contributed by atoms with Gasteiger partial charge in [-0.1, -0.05) is 0 Å². The first kappa shape index (κ1) is 19.8. The molecule has 142 valence electrons. The highest BCUT2D eigenvalue weighted by Gasteiger charge is 2.20. The van der Waals surface area contributed by atoms with E-state index in [1.54, 1.807) is 13.3 Å². The van der Waals surface area contributed by atoms with Crippen LogP contribution in [0.5, 0.6) is 0 Å². The molecule has 2 N–H and O–H groups in total. The van der Waals surface area contributed by atoms with E-state index in [4.69, 9.17) is 4.74 Å². The van der Waals surface area contributed by atoms with Crippen molar-refractivity contribution in [1.29, 1.82) is 0 Å². The molecule has 0 aliphatic carbocycles. The molecule has 9 nitrogen and oxygen atoms in total. The molecule has 2 aromatic heterocycles. The Labute approximate surface area is 156 Å². The first-order valence-corrected chi connectivity index (χ1v) is 9.30. The number of thiazole rings is 1. The van der Waals surface area contributed by atoms with Crippen LogP contribution in [0, 0.1) is 6.92 Å². The first-order valence-electron chi connectivity index (χ1n) is 8.48. The van der Waals surface area contributed by atoms with Gasteiger partial charge in [0.1, 0.15) is 22.8 Å². The molecule has 2 rings (SSSR count). The first-order chi connectivity index (χ1) is 12.5. The lowest BCUT2D eigenvalue weighted by Crippen LogP contribution is -2.38. The molecule has 2 aromatic rings. The van der Waals surface area contributed by atoms with Crippen LogP contribution in [0.3, 0.4) is 0 Å². The second-order valence-electron chi connectivity index (χ2n) is 5.61. The Morgan fingerprint density at radius 1 is 1.46 bits per heavy atom. The summed E-state index contributed by atoms with van der Waals surface area (Å²) in [5, 5.41) is 15.2. The van der Waals surface area contributed by atoms with Crippen LogP contribution < -0.4 is 10.6 Å². The molecular formula is C16H25N7O2S. The monoisotopic (exact) mass is 379 g/mol. The molecule has 0 saturated heterocycles. The molecule has 0 amide bonds. The normalized spacial score (nSPS) is 12.7. The summed E-state index contributed by atoms with van der Waals surface area (Å²) < 4.78 is 6.90. The highest BCUT2D eigenvalue weighted by atomic mass is 32.1. The Morgan fingerprint density at radius 2 is 2.23 bits per heavy atom. The van der Waals surface area contributed by atoms with Gasteiger partial charge >= 0.3 is 5.97 Å². The number of guanidine groups is 1. The molecule has 10 heteroatoms. The summed E-state index contributed by atoms with van der Waals surface area (Å²) in [6.45, 7) is 9.05. The molecule has 0 radical (unpaired) electrons. The Morgan fingerprint density at radius 3 is 2.85 bits per heavy atom. The number of aromatic nitrogens is 4. The molecule has 2 heterocycles. The van der Waals surface area contributed by atoms with Crippen molar-refractivity contribution < 1.29 is 9.53 Å². The lowest BCUT2D eigenvalue weighted by Gasteiger charge is -2.15. The number of carbonyl (C=O) groups excluding carboxylic acids is 1. The van der Waals surface area contributed by atoms with Gasteiger partial charge in [0.25, 0.3) is 0 Å². The lowest BCUT2D eigenvalue weighted by atomic mass is 10.3. The number of aryl methyl sites for hydroxylation is 2. The third-order valence-electron chi connectivity index (χ3n) is 3.53. The fourth-order valence-corrected chi connectivity index (χ4v) is 3.14. The van der Waals surface area contributed by atoms with Crippen LogP contribution >= 0.6 is 11.3 Å². The van der Waals surface area contributed by atoms with Gasteiger partial charge in [-0.2, -0.15) is 0 Å². The van der Waals surface area contributed by atoms with E-state index in [2.05, 4.69) is 30.8 Å². The fraction of sp³-hybridized carbons (Fsp3) is 0.562. The number of aliphatic imine (C=N–C) groups is 1. The minimum absolute atomic E-state index is 0.112. The van der Waals surface area contributed by atoms with Gasteiger partial charge < -0.3 is 19.9 Å². The van der Waals surface area contributed by atoms with Gasteiger partial charge in [-0.05, 0) is 27.7 Å². The summed E-state index contributed by atoms with van der Waals surface area (Å²) >= 11 is 1.34. The number of nitrogens with one attached hydrogen (secondary N) is 2. The molecule has 26 heavy (non-hydrogen) atoms. The number of hydrogen-bond acceptors (Lipinski definition) is 7. The molecule has 0 spiro atoms. The van der Waals surface area contributed by atoms with Crippen LogP contribution in [-0.4, -0.2) is 44.8 Å². The zero-order chi connectivity index (χ0) is 19.1. The van der Waals surface area contributed by atoms with Gasteiger partial charge in [0.2, 0.25) is 0 Å². The van der Waals surface area contributed by atoms with Crippen LogP contribution in [0.1, 0.15) is 53.0 Å². The SMILES string of the molecule is CCNC(=NCc1nncn1C)NC(C)c1nc(C)c(C(=O)OCC)s1. The zero-order valence-corrected chi connectivity index (χ0v) is 16.6. The maximum Gasteiger partial charge on any atom is 0.350 e. The molecule has 0 fully saturated rings. The summed E-state index contributed by atoms with van der Waals surface area (Å²) in [5.74, 6) is 1.09. The van der Waals surface area contributed by atoms with Gasteiger partial charge in [-0.25, -0.2) is 14.8 Å².